The number of rotatable bonds is 7. The highest BCUT2D eigenvalue weighted by Crippen LogP contribution is 2.23. The molecule has 26 heavy (non-hydrogen) atoms. The quantitative estimate of drug-likeness (QED) is 0.760. The number of benzene rings is 2. The molecule has 1 amide bonds. The maximum atomic E-state index is 12.1. The molecule has 0 spiro atoms. The minimum atomic E-state index is -0.127. The third-order valence-electron chi connectivity index (χ3n) is 4.31. The summed E-state index contributed by atoms with van der Waals surface area (Å²) >= 11 is 6.08. The van der Waals surface area contributed by atoms with Crippen LogP contribution in [0.15, 0.2) is 42.5 Å². The SMILES string of the molecule is Cc1c(Cl)cccc1NCC(=O)Nc1ccc(OCC2CCCO2)cc1. The lowest BCUT2D eigenvalue weighted by atomic mass is 10.2. The molecular weight excluding hydrogens is 352 g/mol. The van der Waals surface area contributed by atoms with E-state index in [1.165, 1.54) is 0 Å². The van der Waals surface area contributed by atoms with Gasteiger partial charge in [0.25, 0.3) is 0 Å². The van der Waals surface area contributed by atoms with Crippen molar-refractivity contribution < 1.29 is 14.3 Å². The molecule has 2 N–H and O–H groups in total. The van der Waals surface area contributed by atoms with Gasteiger partial charge in [-0.05, 0) is 61.7 Å². The van der Waals surface area contributed by atoms with Crippen molar-refractivity contribution in [1.82, 2.24) is 0 Å². The lowest BCUT2D eigenvalue weighted by molar-refractivity contribution is -0.114. The van der Waals surface area contributed by atoms with Gasteiger partial charge in [-0.25, -0.2) is 0 Å². The Morgan fingerprint density at radius 3 is 2.81 bits per heavy atom. The zero-order chi connectivity index (χ0) is 18.4. The fraction of sp³-hybridized carbons (Fsp3) is 0.350. The van der Waals surface area contributed by atoms with Crippen molar-refractivity contribution in [2.24, 2.45) is 0 Å². The minimum Gasteiger partial charge on any atom is -0.491 e. The van der Waals surface area contributed by atoms with Gasteiger partial charge < -0.3 is 20.1 Å². The summed E-state index contributed by atoms with van der Waals surface area (Å²) in [6.07, 6.45) is 2.34. The second kappa shape index (κ2) is 8.92. The van der Waals surface area contributed by atoms with Gasteiger partial charge in [-0.3, -0.25) is 4.79 Å². The summed E-state index contributed by atoms with van der Waals surface area (Å²) in [6, 6.07) is 12.9. The molecule has 2 aromatic carbocycles. The number of nitrogens with one attached hydrogen (secondary N) is 2. The van der Waals surface area contributed by atoms with Gasteiger partial charge in [-0.1, -0.05) is 17.7 Å². The van der Waals surface area contributed by atoms with Crippen molar-refractivity contribution in [2.45, 2.75) is 25.9 Å². The van der Waals surface area contributed by atoms with Gasteiger partial charge in [0.2, 0.25) is 5.91 Å². The molecule has 1 unspecified atom stereocenters. The Labute approximate surface area is 158 Å². The molecule has 0 aromatic heterocycles. The van der Waals surface area contributed by atoms with Gasteiger partial charge in [0, 0.05) is 23.0 Å². The van der Waals surface area contributed by atoms with Crippen molar-refractivity contribution in [3.63, 3.8) is 0 Å². The molecule has 1 aliphatic rings. The fourth-order valence-electron chi connectivity index (χ4n) is 2.78. The number of hydrogen-bond acceptors (Lipinski definition) is 4. The Bertz CT molecular complexity index is 743. The number of hydrogen-bond donors (Lipinski definition) is 2. The average Bonchev–Trinajstić information content (AvgIpc) is 3.16. The second-order valence-corrected chi connectivity index (χ2v) is 6.69. The zero-order valence-corrected chi connectivity index (χ0v) is 15.5. The molecule has 0 aliphatic carbocycles. The van der Waals surface area contributed by atoms with E-state index in [1.54, 1.807) is 0 Å². The molecule has 2 aromatic rings. The highest BCUT2D eigenvalue weighted by Gasteiger charge is 2.15. The molecular formula is C20H23ClN2O3. The maximum absolute atomic E-state index is 12.1. The standard InChI is InChI=1S/C20H23ClN2O3/c1-14-18(21)5-2-6-19(14)22-12-20(24)23-15-7-9-16(10-8-15)26-13-17-4-3-11-25-17/h2,5-10,17,22H,3-4,11-13H2,1H3,(H,23,24). The lowest BCUT2D eigenvalue weighted by Crippen LogP contribution is -2.22. The van der Waals surface area contributed by atoms with E-state index in [2.05, 4.69) is 10.6 Å². The van der Waals surface area contributed by atoms with E-state index in [0.29, 0.717) is 11.6 Å². The predicted molar refractivity (Wildman–Crippen MR) is 104 cm³/mol. The van der Waals surface area contributed by atoms with Crippen molar-refractivity contribution in [3.05, 3.63) is 53.1 Å². The van der Waals surface area contributed by atoms with Gasteiger partial charge in [0.1, 0.15) is 12.4 Å². The predicted octanol–water partition coefficient (Wildman–Crippen LogP) is 4.26. The largest absolute Gasteiger partial charge is 0.491 e. The van der Waals surface area contributed by atoms with Gasteiger partial charge in [0.15, 0.2) is 0 Å². The Morgan fingerprint density at radius 1 is 1.27 bits per heavy atom. The minimum absolute atomic E-state index is 0.127. The molecule has 1 fully saturated rings. The second-order valence-electron chi connectivity index (χ2n) is 6.28. The summed E-state index contributed by atoms with van der Waals surface area (Å²) in [7, 11) is 0. The first-order chi connectivity index (χ1) is 12.6. The topological polar surface area (TPSA) is 59.6 Å². The summed E-state index contributed by atoms with van der Waals surface area (Å²) in [6.45, 7) is 3.46. The van der Waals surface area contributed by atoms with E-state index in [4.69, 9.17) is 21.1 Å². The van der Waals surface area contributed by atoms with Crippen LogP contribution >= 0.6 is 11.6 Å². The Kier molecular flexibility index (Phi) is 6.36. The van der Waals surface area contributed by atoms with Gasteiger partial charge in [0.05, 0.1) is 12.6 Å². The third-order valence-corrected chi connectivity index (χ3v) is 4.71. The summed E-state index contributed by atoms with van der Waals surface area (Å²) in [5.41, 5.74) is 2.50. The number of carbonyl (C=O) groups excluding carboxylic acids is 1. The van der Waals surface area contributed by atoms with E-state index >= 15 is 0 Å². The zero-order valence-electron chi connectivity index (χ0n) is 14.8. The van der Waals surface area contributed by atoms with Crippen LogP contribution in [0.5, 0.6) is 5.75 Å². The molecule has 1 atom stereocenters. The van der Waals surface area contributed by atoms with Crippen LogP contribution in [0.4, 0.5) is 11.4 Å². The van der Waals surface area contributed by atoms with E-state index in [9.17, 15) is 4.79 Å². The summed E-state index contributed by atoms with van der Waals surface area (Å²) in [5, 5.41) is 6.63. The van der Waals surface area contributed by atoms with Crippen LogP contribution in [0.3, 0.4) is 0 Å². The van der Waals surface area contributed by atoms with E-state index in [0.717, 1.165) is 42.1 Å². The molecule has 138 valence electrons. The van der Waals surface area contributed by atoms with Crippen LogP contribution in [0.1, 0.15) is 18.4 Å². The molecule has 0 saturated carbocycles. The number of amides is 1. The van der Waals surface area contributed by atoms with E-state index in [1.807, 2.05) is 49.4 Å². The highest BCUT2D eigenvalue weighted by atomic mass is 35.5. The van der Waals surface area contributed by atoms with Crippen molar-refractivity contribution in [3.8, 4) is 5.75 Å². The van der Waals surface area contributed by atoms with Crippen molar-refractivity contribution in [1.29, 1.82) is 0 Å². The van der Waals surface area contributed by atoms with Crippen LogP contribution in [0.25, 0.3) is 0 Å². The van der Waals surface area contributed by atoms with Gasteiger partial charge in [-0.15, -0.1) is 0 Å². The van der Waals surface area contributed by atoms with Crippen LogP contribution in [-0.4, -0.2) is 31.8 Å². The lowest BCUT2D eigenvalue weighted by Gasteiger charge is -2.13. The van der Waals surface area contributed by atoms with E-state index < -0.39 is 0 Å². The number of ether oxygens (including phenoxy) is 2. The van der Waals surface area contributed by atoms with E-state index in [-0.39, 0.29) is 18.6 Å². The summed E-state index contributed by atoms with van der Waals surface area (Å²) in [5.74, 6) is 0.642. The van der Waals surface area contributed by atoms with Crippen LogP contribution < -0.4 is 15.4 Å². The Balaban J connectivity index is 1.45. The fourth-order valence-corrected chi connectivity index (χ4v) is 2.95. The summed E-state index contributed by atoms with van der Waals surface area (Å²) in [4.78, 5) is 12.1. The third kappa shape index (κ3) is 5.13. The molecule has 6 heteroatoms. The molecule has 0 radical (unpaired) electrons. The molecule has 1 aliphatic heterocycles. The molecule has 1 heterocycles. The summed E-state index contributed by atoms with van der Waals surface area (Å²) < 4.78 is 11.2. The molecule has 0 bridgehead atoms. The average molecular weight is 375 g/mol. The first kappa shape index (κ1) is 18.5. The molecule has 5 nitrogen and oxygen atoms in total. The van der Waals surface area contributed by atoms with Crippen molar-refractivity contribution in [2.75, 3.05) is 30.4 Å². The molecule has 1 saturated heterocycles. The number of halogens is 1. The van der Waals surface area contributed by atoms with Gasteiger partial charge >= 0.3 is 0 Å². The first-order valence-electron chi connectivity index (χ1n) is 8.75. The van der Waals surface area contributed by atoms with Crippen LogP contribution in [0, 0.1) is 6.92 Å². The Hall–Kier alpha value is -2.24. The maximum Gasteiger partial charge on any atom is 0.243 e. The van der Waals surface area contributed by atoms with Crippen LogP contribution in [0.2, 0.25) is 5.02 Å². The smallest absolute Gasteiger partial charge is 0.243 e. The number of anilines is 2. The van der Waals surface area contributed by atoms with Crippen molar-refractivity contribution >= 4 is 28.9 Å². The first-order valence-corrected chi connectivity index (χ1v) is 9.13. The molecule has 3 rings (SSSR count). The Morgan fingerprint density at radius 2 is 2.08 bits per heavy atom. The highest BCUT2D eigenvalue weighted by molar-refractivity contribution is 6.31. The number of carbonyl (C=O) groups is 1. The van der Waals surface area contributed by atoms with Gasteiger partial charge in [-0.2, -0.15) is 0 Å². The van der Waals surface area contributed by atoms with Crippen LogP contribution in [-0.2, 0) is 9.53 Å². The normalized spacial score (nSPS) is 16.3. The monoisotopic (exact) mass is 374 g/mol.